The molecule has 0 saturated carbocycles. The number of hydrogen-bond donors (Lipinski definition) is 2. The second-order valence-corrected chi connectivity index (χ2v) is 6.78. The molecule has 3 N–H and O–H groups in total. The van der Waals surface area contributed by atoms with Crippen LogP contribution < -0.4 is 20.1 Å². The summed E-state index contributed by atoms with van der Waals surface area (Å²) in [5.41, 5.74) is 11.0. The number of H-pyrrole nitrogens is 1. The first-order chi connectivity index (χ1) is 14.7. The van der Waals surface area contributed by atoms with Crippen LogP contribution in [0.2, 0.25) is 0 Å². The molecule has 154 valence electrons. The number of hydrogen-bond acceptors (Lipinski definition) is 7. The predicted molar refractivity (Wildman–Crippen MR) is 117 cm³/mol. The molecular weight excluding hydrogens is 380 g/mol. The molecule has 0 atom stereocenters. The largest absolute Gasteiger partial charge is 0.497 e. The summed E-state index contributed by atoms with van der Waals surface area (Å²) in [6.45, 7) is 1.34. The molecule has 0 radical (unpaired) electrons. The van der Waals surface area contributed by atoms with Crippen molar-refractivity contribution in [3.63, 3.8) is 0 Å². The smallest absolute Gasteiger partial charge is 0.124 e. The average Bonchev–Trinajstić information content (AvgIpc) is 3.33. The van der Waals surface area contributed by atoms with Crippen LogP contribution >= 0.6 is 0 Å². The number of rotatable bonds is 8. The van der Waals surface area contributed by atoms with Crippen molar-refractivity contribution in [2.24, 2.45) is 5.73 Å². The molecule has 2 aromatic carbocycles. The van der Waals surface area contributed by atoms with Crippen LogP contribution in [0.3, 0.4) is 0 Å². The molecule has 0 aliphatic carbocycles. The third-order valence-corrected chi connectivity index (χ3v) is 4.87. The quantitative estimate of drug-likeness (QED) is 0.463. The van der Waals surface area contributed by atoms with E-state index in [1.54, 1.807) is 32.8 Å². The lowest BCUT2D eigenvalue weighted by Crippen LogP contribution is -2.21. The van der Waals surface area contributed by atoms with E-state index in [0.717, 1.165) is 58.1 Å². The highest BCUT2D eigenvalue weighted by atomic mass is 16.5. The Hall–Kier alpha value is -3.65. The lowest BCUT2D eigenvalue weighted by atomic mass is 10.1. The van der Waals surface area contributed by atoms with E-state index in [1.165, 1.54) is 0 Å². The highest BCUT2D eigenvalue weighted by Gasteiger charge is 2.14. The predicted octanol–water partition coefficient (Wildman–Crippen LogP) is 3.52. The summed E-state index contributed by atoms with van der Waals surface area (Å²) in [5.74, 6) is 1.45. The minimum absolute atomic E-state index is 0.593. The van der Waals surface area contributed by atoms with E-state index in [0.29, 0.717) is 6.54 Å². The molecule has 0 aliphatic rings. The first-order valence-corrected chi connectivity index (χ1v) is 9.68. The van der Waals surface area contributed by atoms with Gasteiger partial charge < -0.3 is 20.1 Å². The second kappa shape index (κ2) is 8.79. The summed E-state index contributed by atoms with van der Waals surface area (Å²) in [7, 11) is 3.29. The zero-order chi connectivity index (χ0) is 20.9. The SMILES string of the molecule is COc1cc(OC)cc(N(CCCN)c2ccc3ncc(-c4cn[nH]c4)nc3c2)c1. The Morgan fingerprint density at radius 1 is 0.967 bits per heavy atom. The molecule has 4 aromatic rings. The molecule has 0 saturated heterocycles. The molecule has 2 heterocycles. The molecule has 0 unspecified atom stereocenters. The van der Waals surface area contributed by atoms with Gasteiger partial charge in [-0.1, -0.05) is 0 Å². The summed E-state index contributed by atoms with van der Waals surface area (Å²) in [5, 5.41) is 6.80. The van der Waals surface area contributed by atoms with Crippen molar-refractivity contribution in [3.05, 3.63) is 55.0 Å². The summed E-state index contributed by atoms with van der Waals surface area (Å²) in [4.78, 5) is 11.5. The maximum Gasteiger partial charge on any atom is 0.124 e. The first kappa shape index (κ1) is 19.7. The van der Waals surface area contributed by atoms with Crippen molar-refractivity contribution < 1.29 is 9.47 Å². The van der Waals surface area contributed by atoms with Crippen LogP contribution in [0.15, 0.2) is 55.0 Å². The van der Waals surface area contributed by atoms with Crippen molar-refractivity contribution in [2.45, 2.75) is 6.42 Å². The molecule has 0 aliphatic heterocycles. The zero-order valence-corrected chi connectivity index (χ0v) is 17.0. The number of ether oxygens (including phenoxy) is 2. The van der Waals surface area contributed by atoms with E-state index in [2.05, 4.69) is 20.1 Å². The van der Waals surface area contributed by atoms with Gasteiger partial charge in [-0.3, -0.25) is 10.1 Å². The van der Waals surface area contributed by atoms with Gasteiger partial charge >= 0.3 is 0 Å². The van der Waals surface area contributed by atoms with Crippen LogP contribution in [0, 0.1) is 0 Å². The van der Waals surface area contributed by atoms with E-state index < -0.39 is 0 Å². The summed E-state index contributed by atoms with van der Waals surface area (Å²) in [6, 6.07) is 11.9. The van der Waals surface area contributed by atoms with Gasteiger partial charge in [0, 0.05) is 47.9 Å². The van der Waals surface area contributed by atoms with Gasteiger partial charge in [-0.2, -0.15) is 5.10 Å². The van der Waals surface area contributed by atoms with E-state index in [4.69, 9.17) is 20.2 Å². The van der Waals surface area contributed by atoms with Crippen LogP contribution in [-0.4, -0.2) is 47.5 Å². The van der Waals surface area contributed by atoms with Crippen molar-refractivity contribution in [1.29, 1.82) is 0 Å². The topological polar surface area (TPSA) is 102 Å². The van der Waals surface area contributed by atoms with Crippen molar-refractivity contribution >= 4 is 22.4 Å². The van der Waals surface area contributed by atoms with Crippen molar-refractivity contribution in [2.75, 3.05) is 32.2 Å². The van der Waals surface area contributed by atoms with Gasteiger partial charge in [0.2, 0.25) is 0 Å². The highest BCUT2D eigenvalue weighted by Crippen LogP contribution is 2.34. The molecule has 0 spiro atoms. The third kappa shape index (κ3) is 4.04. The maximum absolute atomic E-state index is 5.80. The Kier molecular flexibility index (Phi) is 5.76. The summed E-state index contributed by atoms with van der Waals surface area (Å²) < 4.78 is 10.9. The van der Waals surface area contributed by atoms with E-state index >= 15 is 0 Å². The van der Waals surface area contributed by atoms with Gasteiger partial charge in [0.05, 0.1) is 43.3 Å². The van der Waals surface area contributed by atoms with E-state index in [-0.39, 0.29) is 0 Å². The molecule has 8 nitrogen and oxygen atoms in total. The van der Waals surface area contributed by atoms with Crippen molar-refractivity contribution in [3.8, 4) is 22.8 Å². The van der Waals surface area contributed by atoms with Crippen molar-refractivity contribution in [1.82, 2.24) is 20.2 Å². The Bertz CT molecular complexity index is 1110. The van der Waals surface area contributed by atoms with Crippen LogP contribution in [0.25, 0.3) is 22.3 Å². The van der Waals surface area contributed by atoms with Crippen LogP contribution in [0.4, 0.5) is 11.4 Å². The van der Waals surface area contributed by atoms with Crippen LogP contribution in [0.1, 0.15) is 6.42 Å². The fourth-order valence-electron chi connectivity index (χ4n) is 3.30. The number of methoxy groups -OCH3 is 2. The fourth-order valence-corrected chi connectivity index (χ4v) is 3.30. The third-order valence-electron chi connectivity index (χ3n) is 4.87. The zero-order valence-electron chi connectivity index (χ0n) is 17.0. The number of nitrogens with two attached hydrogens (primary N) is 1. The van der Waals surface area contributed by atoms with Gasteiger partial charge in [-0.25, -0.2) is 4.98 Å². The standard InChI is InChI=1S/C22H24N6O2/c1-29-18-8-17(9-19(11-18)30-2)28(7-3-6-23)16-4-5-20-21(10-16)27-22(14-24-20)15-12-25-26-13-15/h4-5,8-14H,3,6-7,23H2,1-2H3,(H,25,26). The van der Waals surface area contributed by atoms with Gasteiger partial charge in [0.1, 0.15) is 11.5 Å². The monoisotopic (exact) mass is 404 g/mol. The average molecular weight is 404 g/mol. The molecule has 0 amide bonds. The molecule has 2 aromatic heterocycles. The van der Waals surface area contributed by atoms with Gasteiger partial charge in [-0.05, 0) is 31.2 Å². The van der Waals surface area contributed by atoms with Crippen LogP contribution in [0.5, 0.6) is 11.5 Å². The normalized spacial score (nSPS) is 10.9. The fraction of sp³-hybridized carbons (Fsp3) is 0.227. The highest BCUT2D eigenvalue weighted by molar-refractivity contribution is 5.82. The lowest BCUT2D eigenvalue weighted by molar-refractivity contribution is 0.394. The number of aromatic nitrogens is 4. The number of nitrogens with zero attached hydrogens (tertiary/aromatic N) is 4. The molecule has 0 bridgehead atoms. The Morgan fingerprint density at radius 3 is 2.43 bits per heavy atom. The van der Waals surface area contributed by atoms with Crippen LogP contribution in [-0.2, 0) is 0 Å². The number of nitrogens with one attached hydrogen (secondary N) is 1. The molecular formula is C22H24N6O2. The maximum atomic E-state index is 5.80. The van der Waals surface area contributed by atoms with Gasteiger partial charge in [0.25, 0.3) is 0 Å². The molecule has 4 rings (SSSR count). The van der Waals surface area contributed by atoms with Gasteiger partial charge in [0.15, 0.2) is 0 Å². The Balaban J connectivity index is 1.78. The number of aromatic amines is 1. The second-order valence-electron chi connectivity index (χ2n) is 6.78. The number of anilines is 2. The Labute approximate surface area is 174 Å². The molecule has 0 fully saturated rings. The summed E-state index contributed by atoms with van der Waals surface area (Å²) >= 11 is 0. The Morgan fingerprint density at radius 2 is 1.77 bits per heavy atom. The minimum atomic E-state index is 0.593. The molecule has 30 heavy (non-hydrogen) atoms. The number of fused-ring (bicyclic) bond motifs is 1. The van der Waals surface area contributed by atoms with Gasteiger partial charge in [-0.15, -0.1) is 0 Å². The summed E-state index contributed by atoms with van der Waals surface area (Å²) in [6.07, 6.45) is 6.12. The minimum Gasteiger partial charge on any atom is -0.497 e. The number of benzene rings is 2. The first-order valence-electron chi connectivity index (χ1n) is 9.68. The molecule has 8 heteroatoms. The van der Waals surface area contributed by atoms with E-state index in [9.17, 15) is 0 Å². The van der Waals surface area contributed by atoms with E-state index in [1.807, 2.05) is 36.4 Å². The lowest BCUT2D eigenvalue weighted by Gasteiger charge is -2.26.